The standard InChI is InChI=1S/C77H139N3O31/c1-5-7-9-11-13-15-17-19-20-21-22-23-24-26-28-30-32-34-36-38-56(91)80-48(49(88)37-35-33-31-29-27-25-18-16-14-12-10-8-6-2)45-102-73-65(98)63(96)67(54(43-84)105-73)107-75-66(99)71(111-77(76(100)101)39-50(89)57(78-46(3)86)70(110-77)59(92)51(90)40-81)68(55(44-85)106-75)108-72-58(79-47(4)87)69(61(94)53(42-83)103-72)109-74-64(97)62(95)60(93)52(41-82)104-74/h35,37,48-55,57-75,81-85,88-90,92-99H,5-34,36,38-45H2,1-4H3,(H,78,86)(H,79,87)(H,80,91)(H,100,101)/b37-35+/t48-,49+,50?,51+,52?,53?,54?,55?,57+,58?,59+,60-,61-,62-,63+,64?,65?,66?,67+,68-,69+,70?,71+,72-,73+,74-,75-,77-/m0/s1. The van der Waals surface area contributed by atoms with Crippen LogP contribution in [0.2, 0.25) is 0 Å². The van der Waals surface area contributed by atoms with E-state index in [0.29, 0.717) is 12.8 Å². The van der Waals surface area contributed by atoms with Gasteiger partial charge in [0, 0.05) is 26.7 Å². The Hall–Kier alpha value is -3.42. The summed E-state index contributed by atoms with van der Waals surface area (Å²) in [5.41, 5.74) is 0. The van der Waals surface area contributed by atoms with Crippen molar-refractivity contribution in [1.29, 1.82) is 0 Å². The molecule has 5 rings (SSSR count). The first-order valence-electron chi connectivity index (χ1n) is 41.1. The van der Waals surface area contributed by atoms with Crippen LogP contribution in [0.15, 0.2) is 12.2 Å². The molecule has 0 radical (unpaired) electrons. The van der Waals surface area contributed by atoms with Gasteiger partial charge in [-0.1, -0.05) is 206 Å². The number of rotatable bonds is 56. The summed E-state index contributed by atoms with van der Waals surface area (Å²) in [6.45, 7) is 0.345. The minimum atomic E-state index is -3.38. The number of hydrogen-bond acceptors (Lipinski definition) is 30. The summed E-state index contributed by atoms with van der Waals surface area (Å²) in [4.78, 5) is 53.1. The maximum atomic E-state index is 13.8. The number of aliphatic hydroxyl groups is 16. The predicted molar refractivity (Wildman–Crippen MR) is 397 cm³/mol. The lowest BCUT2D eigenvalue weighted by Crippen LogP contribution is -2.72. The van der Waals surface area contributed by atoms with Crippen LogP contribution in [0.4, 0.5) is 0 Å². The van der Waals surface area contributed by atoms with E-state index in [0.717, 1.165) is 71.6 Å². The van der Waals surface area contributed by atoms with E-state index in [4.69, 9.17) is 47.4 Å². The van der Waals surface area contributed by atoms with Crippen molar-refractivity contribution in [2.45, 2.75) is 411 Å². The normalized spacial score (nSPS) is 33.8. The maximum absolute atomic E-state index is 13.8. The second kappa shape index (κ2) is 53.1. The Kier molecular flexibility index (Phi) is 47.0. The van der Waals surface area contributed by atoms with Crippen molar-refractivity contribution >= 4 is 23.7 Å². The SMILES string of the molecule is CCCCCCCCCCCCC/C=C/[C@@H](O)[C@H](CO[C@@H]1OC(CO)[C@@H](O[C@@H]2OC(CO)[C@H](O[C@@H]3OC(CO)[C@H](O)[C@H](O[C@@H]4OC(CO)[C@H](O)[C@H](O)C4O)C3NC(C)=O)[C@H](O[C@]3(C(=O)O)CC(O)[C@@H](NC(C)=O)C([C@H](O)[C@H](O)CO)O3)C2O)[C@H](O)C1O)NC(=O)CCCCCCCCCCCCCCCCCCCCC. The third-order valence-corrected chi connectivity index (χ3v) is 21.6. The molecule has 0 aliphatic carbocycles. The van der Waals surface area contributed by atoms with Gasteiger partial charge in [-0.25, -0.2) is 4.79 Å². The molecule has 20 N–H and O–H groups in total. The minimum absolute atomic E-state index is 0.135. The molecule has 5 saturated heterocycles. The molecule has 0 aromatic carbocycles. The Morgan fingerprint density at radius 1 is 0.468 bits per heavy atom. The van der Waals surface area contributed by atoms with Crippen LogP contribution in [-0.2, 0) is 66.5 Å². The lowest BCUT2D eigenvalue weighted by atomic mass is 9.88. The minimum Gasteiger partial charge on any atom is -0.477 e. The number of hydrogen-bond donors (Lipinski definition) is 20. The number of carbonyl (C=O) groups is 4. The van der Waals surface area contributed by atoms with Gasteiger partial charge >= 0.3 is 5.97 Å². The Balaban J connectivity index is 1.36. The molecule has 5 heterocycles. The highest BCUT2D eigenvalue weighted by atomic mass is 16.8. The topological polar surface area (TPSA) is 541 Å². The van der Waals surface area contributed by atoms with Crippen LogP contribution in [0.5, 0.6) is 0 Å². The lowest BCUT2D eigenvalue weighted by molar-refractivity contribution is -0.403. The van der Waals surface area contributed by atoms with Gasteiger partial charge in [-0.15, -0.1) is 0 Å². The summed E-state index contributed by atoms with van der Waals surface area (Å²) in [6.07, 6.45) is -11.2. The van der Waals surface area contributed by atoms with E-state index >= 15 is 0 Å². The Morgan fingerprint density at radius 3 is 1.39 bits per heavy atom. The first-order chi connectivity index (χ1) is 53.3. The predicted octanol–water partition coefficient (Wildman–Crippen LogP) is 0.518. The zero-order valence-electron chi connectivity index (χ0n) is 65.6. The molecule has 28 atom stereocenters. The number of amides is 3. The fraction of sp³-hybridized carbons (Fsp3) is 0.922. The molecular weight excluding hydrogens is 1460 g/mol. The van der Waals surface area contributed by atoms with Crippen molar-refractivity contribution in [3.63, 3.8) is 0 Å². The van der Waals surface area contributed by atoms with E-state index in [1.807, 2.05) is 6.08 Å². The first kappa shape index (κ1) is 98.2. The average molecular weight is 1600 g/mol. The zero-order chi connectivity index (χ0) is 81.6. The third-order valence-electron chi connectivity index (χ3n) is 21.6. The maximum Gasteiger partial charge on any atom is 0.364 e. The zero-order valence-corrected chi connectivity index (χ0v) is 65.6. The molecule has 34 nitrogen and oxygen atoms in total. The fourth-order valence-corrected chi connectivity index (χ4v) is 15.0. The van der Waals surface area contributed by atoms with Crippen LogP contribution in [0.1, 0.15) is 240 Å². The molecule has 5 fully saturated rings. The second-order valence-corrected chi connectivity index (χ2v) is 30.7. The number of carboxylic acid groups (broad SMARTS) is 1. The molecule has 0 aromatic heterocycles. The fourth-order valence-electron chi connectivity index (χ4n) is 15.0. The third kappa shape index (κ3) is 31.4. The molecule has 0 saturated carbocycles. The molecule has 10 unspecified atom stereocenters. The van der Waals surface area contributed by atoms with Gasteiger partial charge < -0.3 is 150 Å². The molecule has 0 aromatic rings. The number of ether oxygens (including phenoxy) is 10. The van der Waals surface area contributed by atoms with Crippen LogP contribution in [-0.4, -0.2) is 321 Å². The smallest absolute Gasteiger partial charge is 0.364 e. The summed E-state index contributed by atoms with van der Waals surface area (Å²) in [6, 6.07) is -4.81. The van der Waals surface area contributed by atoms with Gasteiger partial charge in [-0.05, 0) is 19.3 Å². The molecule has 5 aliphatic rings. The highest BCUT2D eigenvalue weighted by molar-refractivity contribution is 5.77. The summed E-state index contributed by atoms with van der Waals surface area (Å²) in [7, 11) is 0. The highest BCUT2D eigenvalue weighted by Gasteiger charge is 2.62. The van der Waals surface area contributed by atoms with Gasteiger partial charge in [0.05, 0.1) is 63.9 Å². The quantitative estimate of drug-likeness (QED) is 0.0291. The molecular formula is C77H139N3O31. The van der Waals surface area contributed by atoms with Crippen LogP contribution < -0.4 is 16.0 Å². The molecule has 5 aliphatic heterocycles. The average Bonchev–Trinajstić information content (AvgIpc) is 0.750. The number of unbranched alkanes of at least 4 members (excludes halogenated alkanes) is 29. The van der Waals surface area contributed by atoms with E-state index < -0.39 is 235 Å². The Morgan fingerprint density at radius 2 is 0.892 bits per heavy atom. The van der Waals surface area contributed by atoms with Gasteiger partial charge in [0.25, 0.3) is 5.79 Å². The number of aliphatic hydroxyl groups excluding tert-OH is 16. The second-order valence-electron chi connectivity index (χ2n) is 30.7. The summed E-state index contributed by atoms with van der Waals surface area (Å²) >= 11 is 0. The summed E-state index contributed by atoms with van der Waals surface area (Å²) in [5.74, 6) is -7.70. The molecule has 111 heavy (non-hydrogen) atoms. The first-order valence-corrected chi connectivity index (χ1v) is 41.1. The van der Waals surface area contributed by atoms with Crippen LogP contribution in [0, 0.1) is 0 Å². The molecule has 34 heteroatoms. The number of nitrogens with one attached hydrogen (secondary N) is 3. The van der Waals surface area contributed by atoms with Gasteiger partial charge in [0.15, 0.2) is 25.2 Å². The number of carbonyl (C=O) groups excluding carboxylic acids is 3. The largest absolute Gasteiger partial charge is 0.477 e. The monoisotopic (exact) mass is 1600 g/mol. The summed E-state index contributed by atoms with van der Waals surface area (Å²) < 4.78 is 60.2. The molecule has 3 amide bonds. The van der Waals surface area contributed by atoms with Gasteiger partial charge in [0.1, 0.15) is 116 Å². The van der Waals surface area contributed by atoms with Crippen molar-refractivity contribution in [3.8, 4) is 0 Å². The van der Waals surface area contributed by atoms with Crippen LogP contribution in [0.25, 0.3) is 0 Å². The number of aliphatic carboxylic acids is 1. The Labute approximate surface area is 653 Å². The van der Waals surface area contributed by atoms with Crippen molar-refractivity contribution in [2.24, 2.45) is 0 Å². The van der Waals surface area contributed by atoms with Gasteiger partial charge in [0.2, 0.25) is 17.7 Å². The van der Waals surface area contributed by atoms with E-state index in [2.05, 4.69) is 29.8 Å². The van der Waals surface area contributed by atoms with Crippen LogP contribution in [0.3, 0.4) is 0 Å². The van der Waals surface area contributed by atoms with E-state index in [-0.39, 0.29) is 12.3 Å². The van der Waals surface area contributed by atoms with Crippen molar-refractivity contribution in [1.82, 2.24) is 16.0 Å². The highest BCUT2D eigenvalue weighted by Crippen LogP contribution is 2.41. The Bertz CT molecular complexity index is 2570. The van der Waals surface area contributed by atoms with E-state index in [9.17, 15) is 106 Å². The van der Waals surface area contributed by atoms with E-state index in [1.54, 1.807) is 6.08 Å². The lowest BCUT2D eigenvalue weighted by Gasteiger charge is -2.52. The molecule has 0 spiro atoms. The number of allylic oxidation sites excluding steroid dienone is 1. The number of carboxylic acids is 1. The van der Waals surface area contributed by atoms with Crippen LogP contribution >= 0.6 is 0 Å². The van der Waals surface area contributed by atoms with Crippen molar-refractivity contribution in [3.05, 3.63) is 12.2 Å². The summed E-state index contributed by atoms with van der Waals surface area (Å²) in [5, 5.41) is 197. The van der Waals surface area contributed by atoms with Crippen molar-refractivity contribution < 1.29 is 153 Å². The van der Waals surface area contributed by atoms with E-state index in [1.165, 1.54) is 128 Å². The van der Waals surface area contributed by atoms with Gasteiger partial charge in [-0.3, -0.25) is 14.4 Å². The molecule has 648 valence electrons. The molecule has 0 bridgehead atoms. The van der Waals surface area contributed by atoms with Crippen molar-refractivity contribution in [2.75, 3.05) is 39.6 Å². The van der Waals surface area contributed by atoms with Gasteiger partial charge in [-0.2, -0.15) is 0 Å².